The highest BCUT2D eigenvalue weighted by atomic mass is 79.9. The summed E-state index contributed by atoms with van der Waals surface area (Å²) in [6.45, 7) is 0. The summed E-state index contributed by atoms with van der Waals surface area (Å²) in [5.41, 5.74) is 1.12. The van der Waals surface area contributed by atoms with Crippen molar-refractivity contribution < 1.29 is 4.79 Å². The molecule has 0 radical (unpaired) electrons. The van der Waals surface area contributed by atoms with E-state index in [2.05, 4.69) is 15.9 Å². The van der Waals surface area contributed by atoms with Crippen molar-refractivity contribution in [2.24, 2.45) is 0 Å². The van der Waals surface area contributed by atoms with Crippen LogP contribution in [0.4, 0.5) is 0 Å². The van der Waals surface area contributed by atoms with Crippen LogP contribution in [0.25, 0.3) is 0 Å². The van der Waals surface area contributed by atoms with E-state index in [-0.39, 0.29) is 0 Å². The van der Waals surface area contributed by atoms with Gasteiger partial charge in [0.1, 0.15) is 6.29 Å². The number of rotatable bonds is 3. The molecule has 0 aromatic heterocycles. The standard InChI is InChI=1S/C9H8BrClO/c10-9-6-8(11)4-3-7(9)2-1-5-12/h3-6H,1-2H2. The fourth-order valence-corrected chi connectivity index (χ4v) is 1.82. The third kappa shape index (κ3) is 2.61. The Bertz CT molecular complexity index is 286. The van der Waals surface area contributed by atoms with Crippen molar-refractivity contribution in [1.82, 2.24) is 0 Å². The molecule has 64 valence electrons. The second-order valence-corrected chi connectivity index (χ2v) is 3.73. The molecule has 0 aliphatic rings. The Labute approximate surface area is 84.9 Å². The third-order valence-electron chi connectivity index (χ3n) is 1.55. The predicted octanol–water partition coefficient (Wildman–Crippen LogP) is 3.23. The average Bonchev–Trinajstić information content (AvgIpc) is 2.03. The second-order valence-electron chi connectivity index (χ2n) is 2.44. The lowest BCUT2D eigenvalue weighted by molar-refractivity contribution is -0.107. The van der Waals surface area contributed by atoms with Gasteiger partial charge in [-0.15, -0.1) is 0 Å². The molecule has 3 heteroatoms. The molecular weight excluding hydrogens is 239 g/mol. The van der Waals surface area contributed by atoms with Gasteiger partial charge in [0.2, 0.25) is 0 Å². The van der Waals surface area contributed by atoms with Gasteiger partial charge in [0.25, 0.3) is 0 Å². The molecule has 0 aliphatic heterocycles. The summed E-state index contributed by atoms with van der Waals surface area (Å²) in [6.07, 6.45) is 2.24. The largest absolute Gasteiger partial charge is 0.303 e. The fraction of sp³-hybridized carbons (Fsp3) is 0.222. The zero-order valence-corrected chi connectivity index (χ0v) is 8.73. The van der Waals surface area contributed by atoms with Crippen molar-refractivity contribution in [2.75, 3.05) is 0 Å². The van der Waals surface area contributed by atoms with Crippen LogP contribution in [0, 0.1) is 0 Å². The Kier molecular flexibility index (Phi) is 3.76. The molecule has 0 unspecified atom stereocenters. The topological polar surface area (TPSA) is 17.1 Å². The number of hydrogen-bond acceptors (Lipinski definition) is 1. The first-order valence-electron chi connectivity index (χ1n) is 3.61. The summed E-state index contributed by atoms with van der Waals surface area (Å²) in [7, 11) is 0. The van der Waals surface area contributed by atoms with Gasteiger partial charge in [-0.25, -0.2) is 0 Å². The Morgan fingerprint density at radius 3 is 2.83 bits per heavy atom. The van der Waals surface area contributed by atoms with Crippen molar-refractivity contribution in [1.29, 1.82) is 0 Å². The van der Waals surface area contributed by atoms with Crippen molar-refractivity contribution >= 4 is 33.8 Å². The molecule has 1 aromatic rings. The van der Waals surface area contributed by atoms with Gasteiger partial charge in [0.15, 0.2) is 0 Å². The number of benzene rings is 1. The summed E-state index contributed by atoms with van der Waals surface area (Å²) in [5.74, 6) is 0. The van der Waals surface area contributed by atoms with Crippen LogP contribution in [0.15, 0.2) is 22.7 Å². The average molecular weight is 248 g/mol. The van der Waals surface area contributed by atoms with E-state index in [0.29, 0.717) is 11.4 Å². The minimum atomic E-state index is 0.556. The molecule has 1 nitrogen and oxygen atoms in total. The molecule has 0 fully saturated rings. The lowest BCUT2D eigenvalue weighted by Gasteiger charge is -2.01. The fourth-order valence-electron chi connectivity index (χ4n) is 0.939. The predicted molar refractivity (Wildman–Crippen MR) is 53.5 cm³/mol. The number of hydrogen-bond donors (Lipinski definition) is 0. The molecular formula is C9H8BrClO. The van der Waals surface area contributed by atoms with Gasteiger partial charge in [-0.3, -0.25) is 0 Å². The zero-order valence-electron chi connectivity index (χ0n) is 6.39. The van der Waals surface area contributed by atoms with Crippen LogP contribution < -0.4 is 0 Å². The summed E-state index contributed by atoms with van der Waals surface area (Å²) in [6, 6.07) is 5.59. The minimum absolute atomic E-state index is 0.556. The minimum Gasteiger partial charge on any atom is -0.303 e. The number of carbonyl (C=O) groups is 1. The zero-order chi connectivity index (χ0) is 8.97. The van der Waals surface area contributed by atoms with E-state index in [4.69, 9.17) is 11.6 Å². The maximum atomic E-state index is 10.1. The van der Waals surface area contributed by atoms with Gasteiger partial charge >= 0.3 is 0 Å². The van der Waals surface area contributed by atoms with Crippen molar-refractivity contribution in [3.8, 4) is 0 Å². The normalized spacial score (nSPS) is 9.83. The first kappa shape index (κ1) is 9.75. The van der Waals surface area contributed by atoms with Crippen LogP contribution in [0.1, 0.15) is 12.0 Å². The SMILES string of the molecule is O=CCCc1ccc(Cl)cc1Br. The molecule has 0 aliphatic carbocycles. The molecule has 0 bridgehead atoms. The van der Waals surface area contributed by atoms with E-state index in [1.54, 1.807) is 0 Å². The van der Waals surface area contributed by atoms with Gasteiger partial charge in [-0.2, -0.15) is 0 Å². The molecule has 1 aromatic carbocycles. The molecule has 0 saturated heterocycles. The van der Waals surface area contributed by atoms with Gasteiger partial charge in [-0.1, -0.05) is 33.6 Å². The highest BCUT2D eigenvalue weighted by Gasteiger charge is 1.99. The first-order chi connectivity index (χ1) is 5.74. The smallest absolute Gasteiger partial charge is 0.120 e. The maximum absolute atomic E-state index is 10.1. The van der Waals surface area contributed by atoms with Crippen LogP contribution >= 0.6 is 27.5 Å². The quantitative estimate of drug-likeness (QED) is 0.750. The van der Waals surface area contributed by atoms with Crippen LogP contribution in [-0.4, -0.2) is 6.29 Å². The Balaban J connectivity index is 2.78. The molecule has 0 amide bonds. The van der Waals surface area contributed by atoms with Gasteiger partial charge in [0.05, 0.1) is 0 Å². The Morgan fingerprint density at radius 1 is 1.50 bits per heavy atom. The summed E-state index contributed by atoms with van der Waals surface area (Å²) in [5, 5.41) is 0.705. The number of carbonyl (C=O) groups excluding carboxylic acids is 1. The Morgan fingerprint density at radius 2 is 2.25 bits per heavy atom. The number of aldehydes is 1. The lowest BCUT2D eigenvalue weighted by Crippen LogP contribution is -1.87. The summed E-state index contributed by atoms with van der Waals surface area (Å²) < 4.78 is 0.969. The highest BCUT2D eigenvalue weighted by Crippen LogP contribution is 2.22. The highest BCUT2D eigenvalue weighted by molar-refractivity contribution is 9.10. The van der Waals surface area contributed by atoms with Crippen LogP contribution in [0.2, 0.25) is 5.02 Å². The van der Waals surface area contributed by atoms with Crippen LogP contribution in [0.3, 0.4) is 0 Å². The number of aryl methyl sites for hydroxylation is 1. The molecule has 0 N–H and O–H groups in total. The van der Waals surface area contributed by atoms with E-state index >= 15 is 0 Å². The van der Waals surface area contributed by atoms with E-state index < -0.39 is 0 Å². The van der Waals surface area contributed by atoms with Crippen molar-refractivity contribution in [3.05, 3.63) is 33.3 Å². The van der Waals surface area contributed by atoms with Gasteiger partial charge < -0.3 is 4.79 Å². The van der Waals surface area contributed by atoms with Crippen molar-refractivity contribution in [3.63, 3.8) is 0 Å². The van der Waals surface area contributed by atoms with E-state index in [1.165, 1.54) is 0 Å². The number of halogens is 2. The molecule has 12 heavy (non-hydrogen) atoms. The van der Waals surface area contributed by atoms with E-state index in [9.17, 15) is 4.79 Å². The van der Waals surface area contributed by atoms with E-state index in [1.807, 2.05) is 18.2 Å². The van der Waals surface area contributed by atoms with Gasteiger partial charge in [-0.05, 0) is 24.1 Å². The first-order valence-corrected chi connectivity index (χ1v) is 4.78. The second kappa shape index (κ2) is 4.63. The van der Waals surface area contributed by atoms with Crippen LogP contribution in [-0.2, 0) is 11.2 Å². The molecule has 1 rings (SSSR count). The molecule has 0 heterocycles. The maximum Gasteiger partial charge on any atom is 0.120 e. The molecule has 0 saturated carbocycles. The summed E-state index contributed by atoms with van der Waals surface area (Å²) in [4.78, 5) is 10.1. The molecule has 0 spiro atoms. The third-order valence-corrected chi connectivity index (χ3v) is 2.52. The lowest BCUT2D eigenvalue weighted by atomic mass is 10.1. The monoisotopic (exact) mass is 246 g/mol. The van der Waals surface area contributed by atoms with E-state index in [0.717, 1.165) is 22.7 Å². The van der Waals surface area contributed by atoms with Gasteiger partial charge in [0, 0.05) is 15.9 Å². The molecule has 0 atom stereocenters. The Hall–Kier alpha value is -0.340. The summed E-state index contributed by atoms with van der Waals surface area (Å²) >= 11 is 9.13. The van der Waals surface area contributed by atoms with Crippen LogP contribution in [0.5, 0.6) is 0 Å². The van der Waals surface area contributed by atoms with Crippen molar-refractivity contribution in [2.45, 2.75) is 12.8 Å².